The first-order valence-corrected chi connectivity index (χ1v) is 9.71. The van der Waals surface area contributed by atoms with Gasteiger partial charge in [0.15, 0.2) is 0 Å². The molecule has 1 aromatic carbocycles. The van der Waals surface area contributed by atoms with Crippen molar-refractivity contribution in [2.24, 2.45) is 0 Å². The predicted octanol–water partition coefficient (Wildman–Crippen LogP) is 0.462. The molecule has 25 heavy (non-hydrogen) atoms. The quantitative estimate of drug-likeness (QED) is 0.591. The van der Waals surface area contributed by atoms with Gasteiger partial charge in [-0.05, 0) is 37.6 Å². The first-order valence-electron chi connectivity index (χ1n) is 7.27. The first-order chi connectivity index (χ1) is 11.5. The van der Waals surface area contributed by atoms with Gasteiger partial charge in [-0.2, -0.15) is 0 Å². The van der Waals surface area contributed by atoms with Crippen LogP contribution >= 0.6 is 11.6 Å². The molecule has 0 aliphatic carbocycles. The maximum atomic E-state index is 12.2. The molecule has 0 spiro atoms. The maximum Gasteiger partial charge on any atom is 0.325 e. The Labute approximate surface area is 150 Å². The number of carbonyl (C=O) groups excluding carboxylic acids is 2. The average molecular weight is 391 g/mol. The van der Waals surface area contributed by atoms with Crippen LogP contribution in [0.4, 0.5) is 0 Å². The molecule has 0 radical (unpaired) electrons. The number of benzene rings is 1. The summed E-state index contributed by atoms with van der Waals surface area (Å²) in [6.07, 6.45) is 0.819. The standard InChI is InChI=1S/C15H19ClN2O6S/c1-9(15(21)22)17-14(20)12(7-8-25(2,23)24)18-13(19)10-3-5-11(16)6-4-10/h3-6,9,12H,7-8H2,1-2H3,(H,17,20)(H,18,19)(H,21,22). The van der Waals surface area contributed by atoms with E-state index in [-0.39, 0.29) is 17.7 Å². The Balaban J connectivity index is 2.89. The van der Waals surface area contributed by atoms with Crippen molar-refractivity contribution in [3.05, 3.63) is 34.9 Å². The van der Waals surface area contributed by atoms with Gasteiger partial charge >= 0.3 is 5.97 Å². The molecule has 8 nitrogen and oxygen atoms in total. The summed E-state index contributed by atoms with van der Waals surface area (Å²) in [6.45, 7) is 1.26. The molecule has 0 heterocycles. The number of hydrogen-bond acceptors (Lipinski definition) is 5. The minimum Gasteiger partial charge on any atom is -0.480 e. The average Bonchev–Trinajstić information content (AvgIpc) is 2.50. The van der Waals surface area contributed by atoms with Crippen LogP contribution in [0.25, 0.3) is 0 Å². The fourth-order valence-electron chi connectivity index (χ4n) is 1.82. The van der Waals surface area contributed by atoms with Gasteiger partial charge in [0.25, 0.3) is 5.91 Å². The number of carboxylic acid groups (broad SMARTS) is 1. The molecule has 0 aromatic heterocycles. The maximum absolute atomic E-state index is 12.2. The van der Waals surface area contributed by atoms with E-state index in [1.54, 1.807) is 0 Å². The topological polar surface area (TPSA) is 130 Å². The lowest BCUT2D eigenvalue weighted by Crippen LogP contribution is -2.51. The lowest BCUT2D eigenvalue weighted by molar-refractivity contribution is -0.141. The van der Waals surface area contributed by atoms with Crippen LogP contribution in [0.5, 0.6) is 0 Å². The number of aliphatic carboxylic acids is 1. The zero-order valence-corrected chi connectivity index (χ0v) is 15.2. The number of carbonyl (C=O) groups is 3. The number of carboxylic acids is 1. The summed E-state index contributed by atoms with van der Waals surface area (Å²) in [4.78, 5) is 35.2. The zero-order chi connectivity index (χ0) is 19.2. The van der Waals surface area contributed by atoms with Crippen LogP contribution in [0.2, 0.25) is 5.02 Å². The Morgan fingerprint density at radius 3 is 2.20 bits per heavy atom. The Kier molecular flexibility index (Phi) is 7.38. The van der Waals surface area contributed by atoms with Gasteiger partial charge in [-0.3, -0.25) is 14.4 Å². The second-order valence-electron chi connectivity index (χ2n) is 5.52. The third-order valence-corrected chi connectivity index (χ3v) is 4.46. The molecule has 1 rings (SSSR count). The largest absolute Gasteiger partial charge is 0.480 e. The summed E-state index contributed by atoms with van der Waals surface area (Å²) in [5.41, 5.74) is 0.229. The van der Waals surface area contributed by atoms with Crippen LogP contribution in [0.15, 0.2) is 24.3 Å². The van der Waals surface area contributed by atoms with E-state index >= 15 is 0 Å². The monoisotopic (exact) mass is 390 g/mol. The smallest absolute Gasteiger partial charge is 0.325 e. The Morgan fingerprint density at radius 2 is 1.72 bits per heavy atom. The lowest BCUT2D eigenvalue weighted by Gasteiger charge is -2.19. The third-order valence-electron chi connectivity index (χ3n) is 3.23. The summed E-state index contributed by atoms with van der Waals surface area (Å²) in [7, 11) is -3.37. The van der Waals surface area contributed by atoms with Crippen molar-refractivity contribution in [3.8, 4) is 0 Å². The molecule has 1 aromatic rings. The van der Waals surface area contributed by atoms with Crippen molar-refractivity contribution >= 4 is 39.2 Å². The van der Waals surface area contributed by atoms with Gasteiger partial charge in [-0.1, -0.05) is 11.6 Å². The van der Waals surface area contributed by atoms with Gasteiger partial charge in [-0.25, -0.2) is 8.42 Å². The van der Waals surface area contributed by atoms with E-state index in [1.807, 2.05) is 0 Å². The van der Waals surface area contributed by atoms with E-state index in [4.69, 9.17) is 16.7 Å². The van der Waals surface area contributed by atoms with Crippen LogP contribution in [0.3, 0.4) is 0 Å². The molecule has 0 saturated carbocycles. The van der Waals surface area contributed by atoms with Crippen LogP contribution in [-0.2, 0) is 19.4 Å². The van der Waals surface area contributed by atoms with Crippen molar-refractivity contribution in [2.45, 2.75) is 25.4 Å². The van der Waals surface area contributed by atoms with Gasteiger partial charge in [0, 0.05) is 16.8 Å². The van der Waals surface area contributed by atoms with Gasteiger partial charge in [0.2, 0.25) is 5.91 Å². The highest BCUT2D eigenvalue weighted by Gasteiger charge is 2.25. The van der Waals surface area contributed by atoms with E-state index in [1.165, 1.54) is 31.2 Å². The minimum absolute atomic E-state index is 0.184. The molecule has 0 saturated heterocycles. The molecular weight excluding hydrogens is 372 g/mol. The summed E-state index contributed by atoms with van der Waals surface area (Å²) in [6, 6.07) is 3.51. The number of rotatable bonds is 8. The fourth-order valence-corrected chi connectivity index (χ4v) is 2.61. The molecule has 3 N–H and O–H groups in total. The van der Waals surface area contributed by atoms with E-state index in [0.29, 0.717) is 5.02 Å². The molecule has 2 amide bonds. The van der Waals surface area contributed by atoms with Crippen molar-refractivity contribution in [3.63, 3.8) is 0 Å². The molecule has 10 heteroatoms. The molecule has 0 bridgehead atoms. The predicted molar refractivity (Wildman–Crippen MR) is 92.3 cm³/mol. The summed E-state index contributed by atoms with van der Waals surface area (Å²) in [5, 5.41) is 13.9. The SMILES string of the molecule is CC(NC(=O)C(CCS(C)(=O)=O)NC(=O)c1ccc(Cl)cc1)C(=O)O. The van der Waals surface area contributed by atoms with Crippen molar-refractivity contribution in [1.29, 1.82) is 0 Å². The Hall–Kier alpha value is -2.13. The zero-order valence-electron chi connectivity index (χ0n) is 13.7. The van der Waals surface area contributed by atoms with Crippen molar-refractivity contribution in [1.82, 2.24) is 10.6 Å². The van der Waals surface area contributed by atoms with E-state index in [9.17, 15) is 22.8 Å². The highest BCUT2D eigenvalue weighted by atomic mass is 35.5. The molecular formula is C15H19ClN2O6S. The minimum atomic E-state index is -3.37. The van der Waals surface area contributed by atoms with Crippen molar-refractivity contribution in [2.75, 3.05) is 12.0 Å². The lowest BCUT2D eigenvalue weighted by atomic mass is 10.1. The Bertz CT molecular complexity index is 748. The van der Waals surface area contributed by atoms with Gasteiger partial charge in [-0.15, -0.1) is 0 Å². The van der Waals surface area contributed by atoms with Crippen LogP contribution in [0.1, 0.15) is 23.7 Å². The second kappa shape index (κ2) is 8.82. The fraction of sp³-hybridized carbons (Fsp3) is 0.400. The highest BCUT2D eigenvalue weighted by Crippen LogP contribution is 2.10. The van der Waals surface area contributed by atoms with Gasteiger partial charge < -0.3 is 15.7 Å². The highest BCUT2D eigenvalue weighted by molar-refractivity contribution is 7.90. The molecule has 138 valence electrons. The summed E-state index contributed by atoms with van der Waals surface area (Å²) in [5.74, 6) is -2.97. The van der Waals surface area contributed by atoms with E-state index in [0.717, 1.165) is 6.26 Å². The van der Waals surface area contributed by atoms with Crippen LogP contribution in [0, 0.1) is 0 Å². The third kappa shape index (κ3) is 7.53. The number of halogens is 1. The second-order valence-corrected chi connectivity index (χ2v) is 8.22. The number of sulfone groups is 1. The molecule has 0 aliphatic heterocycles. The summed E-state index contributed by atoms with van der Waals surface area (Å²) < 4.78 is 22.7. The molecule has 2 atom stereocenters. The number of hydrogen-bond donors (Lipinski definition) is 3. The number of nitrogens with one attached hydrogen (secondary N) is 2. The van der Waals surface area contributed by atoms with Crippen LogP contribution in [-0.4, -0.2) is 55.4 Å². The molecule has 2 unspecified atom stereocenters. The van der Waals surface area contributed by atoms with E-state index in [2.05, 4.69) is 10.6 Å². The number of amides is 2. The van der Waals surface area contributed by atoms with Gasteiger partial charge in [0.05, 0.1) is 5.75 Å². The van der Waals surface area contributed by atoms with Crippen LogP contribution < -0.4 is 10.6 Å². The molecule has 0 fully saturated rings. The normalized spacial score (nSPS) is 13.6. The first kappa shape index (κ1) is 20.9. The van der Waals surface area contributed by atoms with Gasteiger partial charge in [0.1, 0.15) is 21.9 Å². The van der Waals surface area contributed by atoms with Crippen molar-refractivity contribution < 1.29 is 27.9 Å². The molecule has 0 aliphatic rings. The van der Waals surface area contributed by atoms with E-state index < -0.39 is 39.7 Å². The Morgan fingerprint density at radius 1 is 1.16 bits per heavy atom. The summed E-state index contributed by atoms with van der Waals surface area (Å²) >= 11 is 5.74.